The molecule has 0 N–H and O–H groups in total. The highest BCUT2D eigenvalue weighted by atomic mass is 16.6. The Morgan fingerprint density at radius 2 is 1.75 bits per heavy atom. The summed E-state index contributed by atoms with van der Waals surface area (Å²) in [4.78, 5) is 36.7. The molecule has 154 valence electrons. The molecule has 4 nitrogen and oxygen atoms in total. The minimum Gasteiger partial charge on any atom is -0.458 e. The van der Waals surface area contributed by atoms with Crippen molar-refractivity contribution in [3.63, 3.8) is 0 Å². The summed E-state index contributed by atoms with van der Waals surface area (Å²) in [5, 5.41) is 0. The lowest BCUT2D eigenvalue weighted by atomic mass is 9.43. The third-order valence-electron chi connectivity index (χ3n) is 9.40. The Hall–Kier alpha value is -1.45. The van der Waals surface area contributed by atoms with Crippen molar-refractivity contribution in [2.24, 2.45) is 34.5 Å². The fourth-order valence-electron chi connectivity index (χ4n) is 8.07. The van der Waals surface area contributed by atoms with Crippen LogP contribution in [0.5, 0.6) is 0 Å². The van der Waals surface area contributed by atoms with Gasteiger partial charge in [0, 0.05) is 18.3 Å². The first-order valence-electron chi connectivity index (χ1n) is 11.0. The molecule has 28 heavy (non-hydrogen) atoms. The van der Waals surface area contributed by atoms with Crippen molar-refractivity contribution in [1.29, 1.82) is 0 Å². The van der Waals surface area contributed by atoms with E-state index in [2.05, 4.69) is 13.8 Å². The molecule has 0 aromatic carbocycles. The minimum atomic E-state index is -0.782. The van der Waals surface area contributed by atoms with Gasteiger partial charge in [-0.25, -0.2) is 0 Å². The van der Waals surface area contributed by atoms with E-state index in [9.17, 15) is 14.4 Å². The molecule has 0 aromatic rings. The lowest BCUT2D eigenvalue weighted by molar-refractivity contribution is -0.188. The number of hydrogen-bond donors (Lipinski definition) is 0. The SMILES string of the molecule is CC(=O)OC1(C)CC(=O)C=C2CC[C@H]3[C@@H]4CC[C@H](C(C)=O)[C@@]4(C)CC[C@@H]3[C@]21C. The number of rotatable bonds is 2. The fourth-order valence-corrected chi connectivity index (χ4v) is 8.07. The standard InChI is InChI=1S/C24H34O4/c1-14(25)19-8-9-20-18-7-6-16-12-17(27)13-23(4,28-15(2)26)24(16,5)21(18)10-11-22(19,20)3/h12,18-21H,6-11,13H2,1-5H3/t18-,19+,20-,21-,22+,23?,24-/m0/s1. The van der Waals surface area contributed by atoms with Gasteiger partial charge < -0.3 is 4.74 Å². The summed E-state index contributed by atoms with van der Waals surface area (Å²) in [6.07, 6.45) is 8.34. The highest BCUT2D eigenvalue weighted by Gasteiger charge is 2.65. The van der Waals surface area contributed by atoms with Crippen LogP contribution in [0, 0.1) is 34.5 Å². The summed E-state index contributed by atoms with van der Waals surface area (Å²) < 4.78 is 5.91. The smallest absolute Gasteiger partial charge is 0.303 e. The Morgan fingerprint density at radius 3 is 2.39 bits per heavy atom. The summed E-state index contributed by atoms with van der Waals surface area (Å²) >= 11 is 0. The molecule has 4 aliphatic rings. The van der Waals surface area contributed by atoms with Gasteiger partial charge in [0.25, 0.3) is 0 Å². The number of carbonyl (C=O) groups is 3. The van der Waals surface area contributed by atoms with Crippen LogP contribution in [0.4, 0.5) is 0 Å². The van der Waals surface area contributed by atoms with Gasteiger partial charge >= 0.3 is 5.97 Å². The van der Waals surface area contributed by atoms with Crippen molar-refractivity contribution >= 4 is 17.5 Å². The van der Waals surface area contributed by atoms with Gasteiger partial charge in [0.1, 0.15) is 11.4 Å². The molecule has 4 heteroatoms. The van der Waals surface area contributed by atoms with E-state index >= 15 is 0 Å². The Morgan fingerprint density at radius 1 is 1.04 bits per heavy atom. The first-order chi connectivity index (χ1) is 13.0. The molecule has 0 aromatic heterocycles. The van der Waals surface area contributed by atoms with Crippen LogP contribution >= 0.6 is 0 Å². The van der Waals surface area contributed by atoms with Gasteiger partial charge in [-0.1, -0.05) is 19.4 Å². The van der Waals surface area contributed by atoms with Crippen molar-refractivity contribution < 1.29 is 19.1 Å². The van der Waals surface area contributed by atoms with Crippen LogP contribution in [0.2, 0.25) is 0 Å². The molecule has 3 saturated carbocycles. The highest BCUT2D eigenvalue weighted by molar-refractivity contribution is 5.93. The monoisotopic (exact) mass is 386 g/mol. The molecule has 3 fully saturated rings. The maximum atomic E-state index is 12.5. The van der Waals surface area contributed by atoms with E-state index < -0.39 is 5.60 Å². The molecule has 0 spiro atoms. The zero-order chi connectivity index (χ0) is 20.5. The van der Waals surface area contributed by atoms with Crippen molar-refractivity contribution in [2.45, 2.75) is 85.2 Å². The molecule has 0 radical (unpaired) electrons. The van der Waals surface area contributed by atoms with Crippen LogP contribution in [0.15, 0.2) is 11.6 Å². The first kappa shape index (κ1) is 19.8. The second kappa shape index (κ2) is 6.27. The molecular weight excluding hydrogens is 352 g/mol. The summed E-state index contributed by atoms with van der Waals surface area (Å²) in [5.74, 6) is 1.79. The number of carbonyl (C=O) groups excluding carboxylic acids is 3. The molecular formula is C24H34O4. The maximum Gasteiger partial charge on any atom is 0.303 e. The molecule has 0 heterocycles. The topological polar surface area (TPSA) is 60.4 Å². The zero-order valence-electron chi connectivity index (χ0n) is 18.0. The van der Waals surface area contributed by atoms with Crippen molar-refractivity contribution in [3.05, 3.63) is 11.6 Å². The average Bonchev–Trinajstić information content (AvgIpc) is 2.93. The van der Waals surface area contributed by atoms with E-state index in [1.807, 2.05) is 13.0 Å². The van der Waals surface area contributed by atoms with Crippen LogP contribution in [0.1, 0.15) is 79.6 Å². The maximum absolute atomic E-state index is 12.5. The Bertz CT molecular complexity index is 767. The van der Waals surface area contributed by atoms with Gasteiger partial charge in [0.15, 0.2) is 5.78 Å². The highest BCUT2D eigenvalue weighted by Crippen LogP contribution is 2.68. The number of ketones is 2. The third-order valence-corrected chi connectivity index (χ3v) is 9.40. The van der Waals surface area contributed by atoms with Crippen LogP contribution in [-0.2, 0) is 19.1 Å². The van der Waals surface area contributed by atoms with E-state index in [0.717, 1.165) is 38.5 Å². The lowest BCUT2D eigenvalue weighted by Gasteiger charge is -2.62. The second-order valence-electron chi connectivity index (χ2n) is 10.5. The number of hydrogen-bond acceptors (Lipinski definition) is 4. The van der Waals surface area contributed by atoms with Crippen LogP contribution in [0.3, 0.4) is 0 Å². The Balaban J connectivity index is 1.75. The van der Waals surface area contributed by atoms with Gasteiger partial charge in [0.05, 0.1) is 6.42 Å². The minimum absolute atomic E-state index is 0.0767. The van der Waals surface area contributed by atoms with E-state index in [1.54, 1.807) is 6.92 Å². The van der Waals surface area contributed by atoms with Crippen molar-refractivity contribution in [3.8, 4) is 0 Å². The normalized spacial score (nSPS) is 47.5. The predicted molar refractivity (Wildman–Crippen MR) is 106 cm³/mol. The predicted octanol–water partition coefficient (Wildman–Crippen LogP) is 4.66. The van der Waals surface area contributed by atoms with E-state index in [4.69, 9.17) is 4.74 Å². The quantitative estimate of drug-likeness (QED) is 0.648. The zero-order valence-corrected chi connectivity index (χ0v) is 18.0. The van der Waals surface area contributed by atoms with Crippen molar-refractivity contribution in [1.82, 2.24) is 0 Å². The fraction of sp³-hybridized carbons (Fsp3) is 0.792. The molecule has 4 rings (SSSR count). The van der Waals surface area contributed by atoms with E-state index in [1.165, 1.54) is 12.5 Å². The summed E-state index contributed by atoms with van der Waals surface area (Å²) in [7, 11) is 0. The molecule has 1 unspecified atom stereocenters. The second-order valence-corrected chi connectivity index (χ2v) is 10.5. The summed E-state index contributed by atoms with van der Waals surface area (Å²) in [6, 6.07) is 0. The first-order valence-corrected chi connectivity index (χ1v) is 11.0. The van der Waals surface area contributed by atoms with E-state index in [0.29, 0.717) is 23.5 Å². The van der Waals surface area contributed by atoms with Crippen LogP contribution < -0.4 is 0 Å². The van der Waals surface area contributed by atoms with Gasteiger partial charge in [0.2, 0.25) is 0 Å². The molecule has 0 aliphatic heterocycles. The molecule has 4 aliphatic carbocycles. The Labute approximate surface area is 168 Å². The van der Waals surface area contributed by atoms with Gasteiger partial charge in [-0.15, -0.1) is 0 Å². The van der Waals surface area contributed by atoms with Gasteiger partial charge in [-0.3, -0.25) is 14.4 Å². The van der Waals surface area contributed by atoms with E-state index in [-0.39, 0.29) is 34.9 Å². The number of Topliss-reactive ketones (excluding diaryl/α,β-unsaturated/α-hetero) is 1. The Kier molecular flexibility index (Phi) is 4.45. The number of esters is 1. The molecule has 0 bridgehead atoms. The van der Waals surface area contributed by atoms with Crippen LogP contribution in [0.25, 0.3) is 0 Å². The molecule has 0 amide bonds. The molecule has 0 saturated heterocycles. The lowest BCUT2D eigenvalue weighted by Crippen LogP contribution is -2.61. The summed E-state index contributed by atoms with van der Waals surface area (Å²) in [6.45, 7) is 9.77. The number of ether oxygens (including phenoxy) is 1. The molecule has 7 atom stereocenters. The third kappa shape index (κ3) is 2.52. The largest absolute Gasteiger partial charge is 0.458 e. The average molecular weight is 387 g/mol. The van der Waals surface area contributed by atoms with Crippen molar-refractivity contribution in [2.75, 3.05) is 0 Å². The van der Waals surface area contributed by atoms with Gasteiger partial charge in [-0.05, 0) is 81.6 Å². The summed E-state index contributed by atoms with van der Waals surface area (Å²) in [5.41, 5.74) is 0.201. The van der Waals surface area contributed by atoms with Gasteiger partial charge in [-0.2, -0.15) is 0 Å². The number of fused-ring (bicyclic) bond motifs is 5. The van der Waals surface area contributed by atoms with Crippen LogP contribution in [-0.4, -0.2) is 23.1 Å².